The van der Waals surface area contributed by atoms with Crippen molar-refractivity contribution in [2.45, 2.75) is 26.2 Å². The van der Waals surface area contributed by atoms with Gasteiger partial charge in [-0.15, -0.1) is 0 Å². The number of hydrogen-bond donors (Lipinski definition) is 1. The molecule has 0 unspecified atom stereocenters. The number of hydrogen-bond acceptors (Lipinski definition) is 4. The maximum atomic E-state index is 9.14. The molecule has 0 saturated heterocycles. The first-order chi connectivity index (χ1) is 8.24. The summed E-state index contributed by atoms with van der Waals surface area (Å²) in [7, 11) is 0. The predicted molar refractivity (Wildman–Crippen MR) is 68.6 cm³/mol. The second-order valence-corrected chi connectivity index (χ2v) is 4.64. The molecule has 2 N–H and O–H groups in total. The third kappa shape index (κ3) is 2.88. The topological polar surface area (TPSA) is 65.9 Å². The van der Waals surface area contributed by atoms with Crippen LogP contribution in [0.25, 0.3) is 0 Å². The molecule has 0 radical (unpaired) electrons. The number of pyridine rings is 1. The maximum Gasteiger partial charge on any atom is 0.146 e. The zero-order chi connectivity index (χ0) is 12.3. The Morgan fingerprint density at radius 2 is 2.35 bits per heavy atom. The normalized spacial score (nSPS) is 14.4. The second-order valence-electron chi connectivity index (χ2n) is 4.64. The smallest absolute Gasteiger partial charge is 0.146 e. The van der Waals surface area contributed by atoms with E-state index in [0.717, 1.165) is 31.2 Å². The summed E-state index contributed by atoms with van der Waals surface area (Å²) < 4.78 is 0. The highest BCUT2D eigenvalue weighted by Crippen LogP contribution is 2.32. The highest BCUT2D eigenvalue weighted by molar-refractivity contribution is 5.58. The van der Waals surface area contributed by atoms with Crippen LogP contribution < -0.4 is 10.6 Å². The van der Waals surface area contributed by atoms with Gasteiger partial charge in [-0.25, -0.2) is 4.98 Å². The number of rotatable bonds is 5. The zero-order valence-corrected chi connectivity index (χ0v) is 10.2. The van der Waals surface area contributed by atoms with Gasteiger partial charge in [0, 0.05) is 13.1 Å². The van der Waals surface area contributed by atoms with Crippen molar-refractivity contribution >= 4 is 11.5 Å². The van der Waals surface area contributed by atoms with Gasteiger partial charge in [0.1, 0.15) is 11.9 Å². The molecule has 1 fully saturated rings. The molecule has 90 valence electrons. The summed E-state index contributed by atoms with van der Waals surface area (Å²) in [5.74, 6) is 1.57. The van der Waals surface area contributed by atoms with Crippen LogP contribution in [0.2, 0.25) is 0 Å². The van der Waals surface area contributed by atoms with Crippen molar-refractivity contribution in [3.05, 3.63) is 17.8 Å². The third-order valence-electron chi connectivity index (χ3n) is 2.98. The van der Waals surface area contributed by atoms with Gasteiger partial charge < -0.3 is 10.6 Å². The summed E-state index contributed by atoms with van der Waals surface area (Å²) >= 11 is 0. The Bertz CT molecular complexity index is 432. The van der Waals surface area contributed by atoms with Crippen LogP contribution in [-0.2, 0) is 0 Å². The van der Waals surface area contributed by atoms with Crippen molar-refractivity contribution in [3.8, 4) is 6.07 Å². The van der Waals surface area contributed by atoms with E-state index in [0.29, 0.717) is 11.3 Å². The Labute approximate surface area is 102 Å². The molecule has 1 saturated carbocycles. The SMILES string of the molecule is CCCN(CC1CC1)c1ncc(N)cc1C#N. The summed E-state index contributed by atoms with van der Waals surface area (Å²) in [6, 6.07) is 3.89. The molecule has 0 amide bonds. The lowest BCUT2D eigenvalue weighted by Crippen LogP contribution is -2.28. The highest BCUT2D eigenvalue weighted by Gasteiger charge is 2.25. The van der Waals surface area contributed by atoms with Crippen LogP contribution in [-0.4, -0.2) is 18.1 Å². The van der Waals surface area contributed by atoms with E-state index < -0.39 is 0 Å². The van der Waals surface area contributed by atoms with Crippen molar-refractivity contribution in [1.82, 2.24) is 4.98 Å². The van der Waals surface area contributed by atoms with Crippen LogP contribution in [0.5, 0.6) is 0 Å². The Kier molecular flexibility index (Phi) is 3.48. The number of nitriles is 1. The molecule has 0 aromatic carbocycles. The first-order valence-corrected chi connectivity index (χ1v) is 6.15. The van der Waals surface area contributed by atoms with E-state index in [-0.39, 0.29) is 0 Å². The third-order valence-corrected chi connectivity index (χ3v) is 2.98. The van der Waals surface area contributed by atoms with Gasteiger partial charge >= 0.3 is 0 Å². The van der Waals surface area contributed by atoms with Crippen LogP contribution in [0.15, 0.2) is 12.3 Å². The predicted octanol–water partition coefficient (Wildman–Crippen LogP) is 2.16. The first kappa shape index (κ1) is 11.7. The average molecular weight is 230 g/mol. The first-order valence-electron chi connectivity index (χ1n) is 6.15. The number of nitrogens with two attached hydrogens (primary N) is 1. The van der Waals surface area contributed by atoms with Crippen molar-refractivity contribution in [2.24, 2.45) is 5.92 Å². The number of nitrogen functional groups attached to an aromatic ring is 1. The van der Waals surface area contributed by atoms with Gasteiger partial charge in [0.25, 0.3) is 0 Å². The minimum absolute atomic E-state index is 0.549. The minimum atomic E-state index is 0.549. The molecule has 2 rings (SSSR count). The molecule has 1 aliphatic rings. The Balaban J connectivity index is 2.24. The van der Waals surface area contributed by atoms with E-state index in [1.54, 1.807) is 12.3 Å². The lowest BCUT2D eigenvalue weighted by Gasteiger charge is -2.24. The average Bonchev–Trinajstić information content (AvgIpc) is 3.12. The molecule has 0 bridgehead atoms. The molecule has 17 heavy (non-hydrogen) atoms. The van der Waals surface area contributed by atoms with E-state index in [1.807, 2.05) is 0 Å². The van der Waals surface area contributed by atoms with Crippen LogP contribution in [0.4, 0.5) is 11.5 Å². The van der Waals surface area contributed by atoms with Crippen LogP contribution in [0, 0.1) is 17.2 Å². The second kappa shape index (κ2) is 5.05. The van der Waals surface area contributed by atoms with E-state index in [9.17, 15) is 0 Å². The Morgan fingerprint density at radius 1 is 1.59 bits per heavy atom. The van der Waals surface area contributed by atoms with Crippen molar-refractivity contribution in [2.75, 3.05) is 23.7 Å². The quantitative estimate of drug-likeness (QED) is 0.841. The molecule has 1 heterocycles. The monoisotopic (exact) mass is 230 g/mol. The van der Waals surface area contributed by atoms with Crippen LogP contribution in [0.3, 0.4) is 0 Å². The molecule has 1 aromatic heterocycles. The summed E-state index contributed by atoms with van der Waals surface area (Å²) in [4.78, 5) is 6.55. The molecule has 0 aliphatic heterocycles. The summed E-state index contributed by atoms with van der Waals surface area (Å²) in [6.07, 6.45) is 5.30. The maximum absolute atomic E-state index is 9.14. The van der Waals surface area contributed by atoms with Gasteiger partial charge in [-0.3, -0.25) is 0 Å². The molecular weight excluding hydrogens is 212 g/mol. The minimum Gasteiger partial charge on any atom is -0.397 e. The van der Waals surface area contributed by atoms with E-state index in [1.165, 1.54) is 12.8 Å². The van der Waals surface area contributed by atoms with Crippen molar-refractivity contribution in [3.63, 3.8) is 0 Å². The fourth-order valence-electron chi connectivity index (χ4n) is 1.97. The van der Waals surface area contributed by atoms with Gasteiger partial charge in [0.15, 0.2) is 0 Å². The van der Waals surface area contributed by atoms with Gasteiger partial charge in [0.2, 0.25) is 0 Å². The number of nitrogens with zero attached hydrogens (tertiary/aromatic N) is 3. The standard InChI is InChI=1S/C13H18N4/c1-2-5-17(9-10-3-4-10)13-11(7-14)6-12(15)8-16-13/h6,8,10H,2-5,9,15H2,1H3. The van der Waals surface area contributed by atoms with E-state index >= 15 is 0 Å². The van der Waals surface area contributed by atoms with Gasteiger partial charge in [-0.2, -0.15) is 5.26 Å². The van der Waals surface area contributed by atoms with Crippen LogP contribution >= 0.6 is 0 Å². The highest BCUT2D eigenvalue weighted by atomic mass is 15.2. The largest absolute Gasteiger partial charge is 0.397 e. The molecular formula is C13H18N4. The fourth-order valence-corrected chi connectivity index (χ4v) is 1.97. The summed E-state index contributed by atoms with van der Waals surface area (Å²) in [5.41, 5.74) is 6.79. The Hall–Kier alpha value is -1.76. The summed E-state index contributed by atoms with van der Waals surface area (Å²) in [5, 5.41) is 9.14. The van der Waals surface area contributed by atoms with E-state index in [4.69, 9.17) is 11.0 Å². The zero-order valence-electron chi connectivity index (χ0n) is 10.2. The molecule has 1 aromatic rings. The van der Waals surface area contributed by atoms with Gasteiger partial charge in [-0.1, -0.05) is 6.92 Å². The van der Waals surface area contributed by atoms with Gasteiger partial charge in [0.05, 0.1) is 17.4 Å². The van der Waals surface area contributed by atoms with Crippen molar-refractivity contribution in [1.29, 1.82) is 5.26 Å². The van der Waals surface area contributed by atoms with Crippen molar-refractivity contribution < 1.29 is 0 Å². The number of aromatic nitrogens is 1. The lowest BCUT2D eigenvalue weighted by atomic mass is 10.2. The number of anilines is 2. The summed E-state index contributed by atoms with van der Waals surface area (Å²) in [6.45, 7) is 4.10. The van der Waals surface area contributed by atoms with Gasteiger partial charge in [-0.05, 0) is 31.2 Å². The fraction of sp³-hybridized carbons (Fsp3) is 0.538. The molecule has 4 nitrogen and oxygen atoms in total. The molecule has 1 aliphatic carbocycles. The Morgan fingerprint density at radius 3 is 2.94 bits per heavy atom. The molecule has 0 spiro atoms. The van der Waals surface area contributed by atoms with E-state index in [2.05, 4.69) is 22.9 Å². The van der Waals surface area contributed by atoms with Crippen LogP contribution in [0.1, 0.15) is 31.7 Å². The lowest BCUT2D eigenvalue weighted by molar-refractivity contribution is 0.698. The molecule has 0 atom stereocenters. The molecule has 4 heteroatoms.